The minimum atomic E-state index is -0.297. The van der Waals surface area contributed by atoms with Gasteiger partial charge >= 0.3 is 6.09 Å². The molecule has 184 valence electrons. The van der Waals surface area contributed by atoms with Crippen molar-refractivity contribution in [3.05, 3.63) is 59.2 Å². The summed E-state index contributed by atoms with van der Waals surface area (Å²) in [5, 5.41) is 0. The number of fused-ring (bicyclic) bond motifs is 3. The zero-order valence-electron chi connectivity index (χ0n) is 20.7. The Morgan fingerprint density at radius 1 is 1.14 bits per heavy atom. The SMILES string of the molecule is COC(=O)N1CCc2ccc3c(nc(C4CCN(C(C)=O)CC4)n3[C@@H](C)Cc3cccnc3)c2C1. The Hall–Kier alpha value is -3.42. The molecule has 1 atom stereocenters. The van der Waals surface area contributed by atoms with E-state index in [4.69, 9.17) is 9.72 Å². The third-order valence-electron chi connectivity index (χ3n) is 7.52. The summed E-state index contributed by atoms with van der Waals surface area (Å²) in [5.41, 5.74) is 5.65. The quantitative estimate of drug-likeness (QED) is 0.568. The van der Waals surface area contributed by atoms with Gasteiger partial charge in [0.25, 0.3) is 0 Å². The highest BCUT2D eigenvalue weighted by Crippen LogP contribution is 2.36. The lowest BCUT2D eigenvalue weighted by molar-refractivity contribution is -0.129. The van der Waals surface area contributed by atoms with Crippen LogP contribution in [0.3, 0.4) is 0 Å². The van der Waals surface area contributed by atoms with Crippen molar-refractivity contribution in [2.45, 2.75) is 58.0 Å². The summed E-state index contributed by atoms with van der Waals surface area (Å²) in [5.74, 6) is 1.51. The molecule has 0 spiro atoms. The van der Waals surface area contributed by atoms with E-state index in [-0.39, 0.29) is 24.0 Å². The van der Waals surface area contributed by atoms with Gasteiger partial charge in [0.2, 0.25) is 5.91 Å². The molecular weight excluding hydrogens is 442 g/mol. The lowest BCUT2D eigenvalue weighted by Gasteiger charge is -2.32. The van der Waals surface area contributed by atoms with Gasteiger partial charge in [0, 0.05) is 56.5 Å². The van der Waals surface area contributed by atoms with Crippen molar-refractivity contribution in [2.75, 3.05) is 26.7 Å². The number of benzene rings is 1. The Morgan fingerprint density at radius 3 is 2.63 bits per heavy atom. The van der Waals surface area contributed by atoms with Gasteiger partial charge in [-0.1, -0.05) is 12.1 Å². The van der Waals surface area contributed by atoms with Crippen LogP contribution in [0.1, 0.15) is 61.2 Å². The molecule has 5 rings (SSSR count). The second-order valence-corrected chi connectivity index (χ2v) is 9.75. The number of likely N-dealkylation sites (tertiary alicyclic amines) is 1. The number of carbonyl (C=O) groups is 2. The molecule has 1 aromatic carbocycles. The van der Waals surface area contributed by atoms with Crippen LogP contribution in [-0.4, -0.2) is 63.1 Å². The van der Waals surface area contributed by atoms with E-state index in [2.05, 4.69) is 34.7 Å². The van der Waals surface area contributed by atoms with Gasteiger partial charge < -0.3 is 19.1 Å². The van der Waals surface area contributed by atoms with E-state index in [0.29, 0.717) is 13.1 Å². The van der Waals surface area contributed by atoms with Gasteiger partial charge in [-0.05, 0) is 55.9 Å². The lowest BCUT2D eigenvalue weighted by atomic mass is 9.95. The van der Waals surface area contributed by atoms with Crippen molar-refractivity contribution in [1.82, 2.24) is 24.3 Å². The van der Waals surface area contributed by atoms with Gasteiger partial charge in [-0.3, -0.25) is 9.78 Å². The van der Waals surface area contributed by atoms with Crippen LogP contribution < -0.4 is 0 Å². The second kappa shape index (κ2) is 9.68. The van der Waals surface area contributed by atoms with Crippen molar-refractivity contribution in [1.29, 1.82) is 0 Å². The molecule has 35 heavy (non-hydrogen) atoms. The summed E-state index contributed by atoms with van der Waals surface area (Å²) in [7, 11) is 1.43. The summed E-state index contributed by atoms with van der Waals surface area (Å²) in [6, 6.07) is 8.67. The number of amides is 2. The van der Waals surface area contributed by atoms with Gasteiger partial charge in [-0.2, -0.15) is 0 Å². The Kier molecular flexibility index (Phi) is 6.45. The third-order valence-corrected chi connectivity index (χ3v) is 7.52. The van der Waals surface area contributed by atoms with E-state index in [1.807, 2.05) is 17.2 Å². The summed E-state index contributed by atoms with van der Waals surface area (Å²) in [6.45, 7) is 6.56. The monoisotopic (exact) mass is 475 g/mol. The predicted octanol–water partition coefficient (Wildman–Crippen LogP) is 4.09. The largest absolute Gasteiger partial charge is 0.453 e. The molecule has 1 saturated heterocycles. The molecule has 2 aliphatic rings. The molecule has 0 N–H and O–H groups in total. The minimum absolute atomic E-state index is 0.138. The van der Waals surface area contributed by atoms with Gasteiger partial charge in [-0.25, -0.2) is 9.78 Å². The number of hydrogen-bond acceptors (Lipinski definition) is 5. The topological polar surface area (TPSA) is 80.6 Å². The standard InChI is InChI=1S/C27H33N5O3/c1-18(15-20-5-4-11-28-16-20)32-24-7-6-21-8-14-31(27(34)35-3)17-23(21)25(24)29-26(32)22-9-12-30(13-10-22)19(2)33/h4-7,11,16,18,22H,8-10,12-15,17H2,1-3H3/t18-/m0/s1. The molecule has 0 bridgehead atoms. The van der Waals surface area contributed by atoms with Gasteiger partial charge in [0.05, 0.1) is 24.7 Å². The first-order valence-corrected chi connectivity index (χ1v) is 12.5. The number of hydrogen-bond donors (Lipinski definition) is 0. The van der Waals surface area contributed by atoms with E-state index in [1.54, 1.807) is 18.0 Å². The fraction of sp³-hybridized carbons (Fsp3) is 0.481. The van der Waals surface area contributed by atoms with Gasteiger partial charge in [0.15, 0.2) is 0 Å². The molecule has 2 aliphatic heterocycles. The first kappa shape index (κ1) is 23.3. The highest BCUT2D eigenvalue weighted by atomic mass is 16.5. The maximum Gasteiger partial charge on any atom is 0.409 e. The number of nitrogens with zero attached hydrogens (tertiary/aromatic N) is 5. The predicted molar refractivity (Wildman–Crippen MR) is 133 cm³/mol. The molecule has 1 fully saturated rings. The number of rotatable bonds is 4. The number of pyridine rings is 1. The van der Waals surface area contributed by atoms with Crippen LogP contribution in [0, 0.1) is 0 Å². The van der Waals surface area contributed by atoms with Crippen LogP contribution in [0.25, 0.3) is 11.0 Å². The Balaban J connectivity index is 1.56. The normalized spacial score (nSPS) is 17.3. The van der Waals surface area contributed by atoms with Crippen LogP contribution in [0.2, 0.25) is 0 Å². The van der Waals surface area contributed by atoms with E-state index in [0.717, 1.165) is 61.2 Å². The van der Waals surface area contributed by atoms with E-state index >= 15 is 0 Å². The number of carbonyl (C=O) groups excluding carboxylic acids is 2. The van der Waals surface area contributed by atoms with Gasteiger partial charge in [-0.15, -0.1) is 0 Å². The number of ether oxygens (including phenoxy) is 1. The number of aromatic nitrogens is 3. The molecule has 0 unspecified atom stereocenters. The number of imidazole rings is 1. The van der Waals surface area contributed by atoms with Crippen molar-refractivity contribution in [3.8, 4) is 0 Å². The average molecular weight is 476 g/mol. The smallest absolute Gasteiger partial charge is 0.409 e. The summed E-state index contributed by atoms with van der Waals surface area (Å²) < 4.78 is 7.39. The fourth-order valence-electron chi connectivity index (χ4n) is 5.65. The highest BCUT2D eigenvalue weighted by molar-refractivity contribution is 5.82. The molecule has 0 saturated carbocycles. The maximum absolute atomic E-state index is 12.3. The number of methoxy groups -OCH3 is 1. The Labute approximate surface area is 205 Å². The molecule has 0 radical (unpaired) electrons. The second-order valence-electron chi connectivity index (χ2n) is 9.75. The average Bonchev–Trinajstić information content (AvgIpc) is 3.29. The molecule has 0 aliphatic carbocycles. The Morgan fingerprint density at radius 2 is 1.94 bits per heavy atom. The van der Waals surface area contributed by atoms with E-state index in [9.17, 15) is 9.59 Å². The van der Waals surface area contributed by atoms with Crippen LogP contribution in [0.15, 0.2) is 36.7 Å². The third kappa shape index (κ3) is 4.49. The molecule has 4 heterocycles. The molecule has 3 aromatic rings. The first-order chi connectivity index (χ1) is 17.0. The van der Waals surface area contributed by atoms with Crippen molar-refractivity contribution in [2.24, 2.45) is 0 Å². The van der Waals surface area contributed by atoms with Crippen LogP contribution >= 0.6 is 0 Å². The van der Waals surface area contributed by atoms with Gasteiger partial charge in [0.1, 0.15) is 5.82 Å². The maximum atomic E-state index is 12.3. The fourth-order valence-corrected chi connectivity index (χ4v) is 5.65. The molecule has 8 nitrogen and oxygen atoms in total. The van der Waals surface area contributed by atoms with Crippen LogP contribution in [0.5, 0.6) is 0 Å². The van der Waals surface area contributed by atoms with E-state index < -0.39 is 0 Å². The Bertz CT molecular complexity index is 1230. The lowest BCUT2D eigenvalue weighted by Crippen LogP contribution is -2.37. The zero-order chi connectivity index (χ0) is 24.5. The minimum Gasteiger partial charge on any atom is -0.453 e. The van der Waals surface area contributed by atoms with Crippen molar-refractivity contribution >= 4 is 23.0 Å². The summed E-state index contributed by atoms with van der Waals surface area (Å²) in [4.78, 5) is 37.4. The summed E-state index contributed by atoms with van der Waals surface area (Å²) >= 11 is 0. The first-order valence-electron chi connectivity index (χ1n) is 12.5. The zero-order valence-corrected chi connectivity index (χ0v) is 20.7. The van der Waals surface area contributed by atoms with Crippen LogP contribution in [0.4, 0.5) is 4.79 Å². The van der Waals surface area contributed by atoms with E-state index in [1.165, 1.54) is 18.2 Å². The molecule has 2 amide bonds. The molecule has 8 heteroatoms. The molecule has 2 aromatic heterocycles. The highest BCUT2D eigenvalue weighted by Gasteiger charge is 2.31. The van der Waals surface area contributed by atoms with Crippen molar-refractivity contribution < 1.29 is 14.3 Å². The van der Waals surface area contributed by atoms with Crippen molar-refractivity contribution in [3.63, 3.8) is 0 Å². The molecular formula is C27H33N5O3. The summed E-state index contributed by atoms with van der Waals surface area (Å²) in [6.07, 6.45) is 6.88. The van der Waals surface area contributed by atoms with Crippen LogP contribution in [-0.2, 0) is 28.9 Å². The number of piperidine rings is 1.